The molecule has 1 heterocycles. The van der Waals surface area contributed by atoms with Crippen LogP contribution in [0.25, 0.3) is 0 Å². The molecule has 1 rings (SSSR count). The van der Waals surface area contributed by atoms with Gasteiger partial charge in [0.05, 0.1) is 0 Å². The maximum absolute atomic E-state index is 2.86. The van der Waals surface area contributed by atoms with E-state index in [1.807, 2.05) is 0 Å². The fourth-order valence-corrected chi connectivity index (χ4v) is 2.56. The first-order valence-electron chi connectivity index (χ1n) is 4.67. The fraction of sp³-hybridized carbons (Fsp3) is 1.00. The normalized spacial score (nSPS) is 34.0. The van der Waals surface area contributed by atoms with Gasteiger partial charge in [0, 0.05) is 25.2 Å². The second-order valence-corrected chi connectivity index (χ2v) is 5.01. The van der Waals surface area contributed by atoms with Crippen molar-refractivity contribution in [1.29, 1.82) is 0 Å². The van der Waals surface area contributed by atoms with Gasteiger partial charge in [0.25, 0.3) is 0 Å². The Balaban J connectivity index is 2.43. The molecule has 0 aliphatic carbocycles. The van der Waals surface area contributed by atoms with Gasteiger partial charge in [-0.15, -0.1) is 0 Å². The Morgan fingerprint density at radius 1 is 1.25 bits per heavy atom. The monoisotopic (exact) mass is 206 g/mol. The first-order valence-corrected chi connectivity index (χ1v) is 5.71. The highest BCUT2D eigenvalue weighted by Gasteiger charge is 2.26. The minimum absolute atomic E-state index is 0.667. The standard InChI is InChI=1S/C8H20N2P2/c1-3-4-8-6-9(11)7(2)5-10(8)12/h7-8H,3-6,11-12H2,1-2H3. The third-order valence-electron chi connectivity index (χ3n) is 2.55. The van der Waals surface area contributed by atoms with Crippen molar-refractivity contribution in [3.05, 3.63) is 0 Å². The number of hydrogen-bond acceptors (Lipinski definition) is 2. The van der Waals surface area contributed by atoms with Gasteiger partial charge in [-0.05, 0) is 13.3 Å². The second-order valence-electron chi connectivity index (χ2n) is 3.69. The van der Waals surface area contributed by atoms with Crippen molar-refractivity contribution in [3.8, 4) is 0 Å². The first kappa shape index (κ1) is 10.9. The Kier molecular flexibility index (Phi) is 4.40. The summed E-state index contributed by atoms with van der Waals surface area (Å²) in [6.45, 7) is 6.87. The summed E-state index contributed by atoms with van der Waals surface area (Å²) in [7, 11) is 5.69. The van der Waals surface area contributed by atoms with Crippen LogP contribution in [-0.4, -0.2) is 34.5 Å². The molecule has 1 aliphatic heterocycles. The number of rotatable bonds is 2. The van der Waals surface area contributed by atoms with E-state index in [1.165, 1.54) is 25.9 Å². The summed E-state index contributed by atoms with van der Waals surface area (Å²) in [6, 6.07) is 1.40. The van der Waals surface area contributed by atoms with Crippen molar-refractivity contribution < 1.29 is 0 Å². The van der Waals surface area contributed by atoms with Crippen LogP contribution in [0.4, 0.5) is 0 Å². The molecule has 1 fully saturated rings. The van der Waals surface area contributed by atoms with E-state index in [0.717, 1.165) is 6.04 Å². The smallest absolute Gasteiger partial charge is 0.0260 e. The molecule has 4 heteroatoms. The highest BCUT2D eigenvalue weighted by Crippen LogP contribution is 2.23. The zero-order chi connectivity index (χ0) is 9.14. The van der Waals surface area contributed by atoms with Gasteiger partial charge in [0.2, 0.25) is 0 Å². The molecule has 0 bridgehead atoms. The Hall–Kier alpha value is 0.780. The molecule has 0 amide bonds. The van der Waals surface area contributed by atoms with Crippen LogP contribution in [0.3, 0.4) is 0 Å². The Morgan fingerprint density at radius 3 is 2.50 bits per heavy atom. The zero-order valence-corrected chi connectivity index (χ0v) is 10.3. The van der Waals surface area contributed by atoms with Crippen molar-refractivity contribution in [2.24, 2.45) is 0 Å². The summed E-state index contributed by atoms with van der Waals surface area (Å²) >= 11 is 0. The molecule has 0 N–H and O–H groups in total. The van der Waals surface area contributed by atoms with E-state index < -0.39 is 0 Å². The quantitative estimate of drug-likeness (QED) is 0.635. The Labute approximate surface area is 80.6 Å². The number of piperazine rings is 1. The molecule has 0 aromatic carbocycles. The number of nitrogens with zero attached hydrogens (tertiary/aromatic N) is 2. The van der Waals surface area contributed by atoms with Gasteiger partial charge < -0.3 is 0 Å². The lowest BCUT2D eigenvalue weighted by atomic mass is 10.1. The van der Waals surface area contributed by atoms with Gasteiger partial charge in [-0.25, -0.2) is 0 Å². The lowest BCUT2D eigenvalue weighted by Gasteiger charge is -2.41. The van der Waals surface area contributed by atoms with Crippen molar-refractivity contribution in [1.82, 2.24) is 9.34 Å². The number of hydrogen-bond donors (Lipinski definition) is 0. The maximum atomic E-state index is 2.86. The molecular weight excluding hydrogens is 186 g/mol. The lowest BCUT2D eigenvalue weighted by molar-refractivity contribution is 0.166. The van der Waals surface area contributed by atoms with Crippen LogP contribution < -0.4 is 0 Å². The molecule has 0 spiro atoms. The van der Waals surface area contributed by atoms with E-state index in [-0.39, 0.29) is 0 Å². The average Bonchev–Trinajstić information content (AvgIpc) is 2.01. The molecule has 72 valence electrons. The summed E-state index contributed by atoms with van der Waals surface area (Å²) in [5, 5.41) is 0. The van der Waals surface area contributed by atoms with Crippen molar-refractivity contribution in [2.45, 2.75) is 38.8 Å². The minimum atomic E-state index is 0.667. The molecule has 4 unspecified atom stereocenters. The minimum Gasteiger partial charge on any atom is -0.282 e. The van der Waals surface area contributed by atoms with Crippen LogP contribution >= 0.6 is 18.8 Å². The van der Waals surface area contributed by atoms with E-state index in [1.54, 1.807) is 0 Å². The summed E-state index contributed by atoms with van der Waals surface area (Å²) in [6.07, 6.45) is 2.59. The zero-order valence-electron chi connectivity index (χ0n) is 8.03. The Morgan fingerprint density at radius 2 is 1.92 bits per heavy atom. The van der Waals surface area contributed by atoms with Gasteiger partial charge in [-0.3, -0.25) is 9.34 Å². The van der Waals surface area contributed by atoms with Crippen molar-refractivity contribution >= 4 is 18.8 Å². The molecule has 12 heavy (non-hydrogen) atoms. The highest BCUT2D eigenvalue weighted by molar-refractivity contribution is 7.14. The van der Waals surface area contributed by atoms with Crippen molar-refractivity contribution in [2.75, 3.05) is 13.1 Å². The van der Waals surface area contributed by atoms with Gasteiger partial charge in [-0.1, -0.05) is 32.1 Å². The molecule has 0 saturated carbocycles. The predicted molar refractivity (Wildman–Crippen MR) is 61.0 cm³/mol. The summed E-state index contributed by atoms with van der Waals surface area (Å²) in [4.78, 5) is 0. The Bertz CT molecular complexity index is 143. The topological polar surface area (TPSA) is 6.48 Å². The summed E-state index contributed by atoms with van der Waals surface area (Å²) in [5.41, 5.74) is 0. The molecule has 1 saturated heterocycles. The second kappa shape index (κ2) is 4.86. The largest absolute Gasteiger partial charge is 0.282 e. The SMILES string of the molecule is CCCC1CN(P)C(C)CN1P. The van der Waals surface area contributed by atoms with Crippen LogP contribution in [0.1, 0.15) is 26.7 Å². The van der Waals surface area contributed by atoms with E-state index in [4.69, 9.17) is 0 Å². The van der Waals surface area contributed by atoms with Gasteiger partial charge in [0.15, 0.2) is 0 Å². The average molecular weight is 206 g/mol. The van der Waals surface area contributed by atoms with E-state index >= 15 is 0 Å². The molecule has 0 radical (unpaired) electrons. The maximum Gasteiger partial charge on any atom is 0.0260 e. The van der Waals surface area contributed by atoms with Gasteiger partial charge in [0.1, 0.15) is 0 Å². The predicted octanol–water partition coefficient (Wildman–Crippen LogP) is 1.74. The lowest BCUT2D eigenvalue weighted by Crippen LogP contribution is -2.49. The van der Waals surface area contributed by atoms with Crippen LogP contribution in [0.5, 0.6) is 0 Å². The fourth-order valence-electron chi connectivity index (χ4n) is 1.68. The summed E-state index contributed by atoms with van der Waals surface area (Å²) in [5.74, 6) is 0. The summed E-state index contributed by atoms with van der Waals surface area (Å²) < 4.78 is 4.79. The third-order valence-corrected chi connectivity index (χ3v) is 3.91. The van der Waals surface area contributed by atoms with Gasteiger partial charge >= 0.3 is 0 Å². The van der Waals surface area contributed by atoms with E-state index in [2.05, 4.69) is 42.0 Å². The molecule has 1 aliphatic rings. The third kappa shape index (κ3) is 2.64. The van der Waals surface area contributed by atoms with Crippen LogP contribution in [-0.2, 0) is 0 Å². The van der Waals surface area contributed by atoms with Crippen LogP contribution in [0, 0.1) is 0 Å². The van der Waals surface area contributed by atoms with Crippen LogP contribution in [0.15, 0.2) is 0 Å². The van der Waals surface area contributed by atoms with Crippen LogP contribution in [0.2, 0.25) is 0 Å². The van der Waals surface area contributed by atoms with E-state index in [0.29, 0.717) is 6.04 Å². The molecule has 2 nitrogen and oxygen atoms in total. The molecular formula is C8H20N2P2. The molecule has 4 atom stereocenters. The van der Waals surface area contributed by atoms with Crippen molar-refractivity contribution in [3.63, 3.8) is 0 Å². The molecule has 0 aromatic rings. The highest BCUT2D eigenvalue weighted by atomic mass is 31.0. The first-order chi connectivity index (χ1) is 5.65. The molecule has 0 aromatic heterocycles. The van der Waals surface area contributed by atoms with Gasteiger partial charge in [-0.2, -0.15) is 0 Å². The van der Waals surface area contributed by atoms with E-state index in [9.17, 15) is 0 Å².